The van der Waals surface area contributed by atoms with Crippen LogP contribution < -0.4 is 10.4 Å². The molecule has 2 aromatic carbocycles. The van der Waals surface area contributed by atoms with Crippen molar-refractivity contribution in [2.75, 3.05) is 0 Å². The van der Waals surface area contributed by atoms with Crippen molar-refractivity contribution in [1.29, 1.82) is 0 Å². The fraction of sp³-hybridized carbons (Fsp3) is 0.179. The Labute approximate surface area is 246 Å². The van der Waals surface area contributed by atoms with Crippen molar-refractivity contribution in [2.24, 2.45) is 0 Å². The molecule has 0 fully saturated rings. The normalized spacial score (nSPS) is 11.2. The van der Waals surface area contributed by atoms with Crippen molar-refractivity contribution in [3.63, 3.8) is 0 Å². The number of nitrogens with one attached hydrogen (secondary N) is 1. The number of fused-ring (bicyclic) bond motifs is 1. The molecule has 0 bridgehead atoms. The van der Waals surface area contributed by atoms with Crippen molar-refractivity contribution in [3.05, 3.63) is 97.4 Å². The quantitative estimate of drug-likeness (QED) is 0.238. The van der Waals surface area contributed by atoms with Gasteiger partial charge in [0.1, 0.15) is 16.5 Å². The number of nitrogens with zero attached hydrogens (tertiary/aromatic N) is 4. The number of carbonyl (C=O) groups is 3. The van der Waals surface area contributed by atoms with Crippen LogP contribution in [-0.4, -0.2) is 37.0 Å². The van der Waals surface area contributed by atoms with Gasteiger partial charge in [-0.05, 0) is 53.5 Å². The summed E-state index contributed by atoms with van der Waals surface area (Å²) in [5.74, 6) is -1.12. The van der Waals surface area contributed by atoms with E-state index in [9.17, 15) is 19.5 Å². The Bertz CT molecular complexity index is 1790. The Kier molecular flexibility index (Phi) is 7.88. The van der Waals surface area contributed by atoms with Gasteiger partial charge in [-0.25, -0.2) is 0 Å². The maximum Gasteiger partial charge on any atom is 0.269 e. The minimum Gasteiger partial charge on any atom is -0.548 e. The van der Waals surface area contributed by atoms with Crippen molar-refractivity contribution in [2.45, 2.75) is 33.4 Å². The van der Waals surface area contributed by atoms with Crippen LogP contribution in [0.15, 0.2) is 59.1 Å². The van der Waals surface area contributed by atoms with Crippen LogP contribution in [0.25, 0.3) is 15.9 Å². The summed E-state index contributed by atoms with van der Waals surface area (Å²) < 4.78 is 3.62. The summed E-state index contributed by atoms with van der Waals surface area (Å²) in [5.41, 5.74) is 1.57. The molecule has 12 heteroatoms. The molecule has 9 nitrogen and oxygen atoms in total. The number of aliphatic carboxylic acids is 1. The van der Waals surface area contributed by atoms with Gasteiger partial charge in [0.15, 0.2) is 11.6 Å². The van der Waals surface area contributed by atoms with E-state index in [-0.39, 0.29) is 18.0 Å². The number of carboxylic acid groups (broad SMARTS) is 1. The smallest absolute Gasteiger partial charge is 0.269 e. The number of aromatic nitrogens is 4. The molecule has 1 N–H and O–H groups in total. The van der Waals surface area contributed by atoms with Crippen molar-refractivity contribution >= 4 is 67.4 Å². The van der Waals surface area contributed by atoms with E-state index in [2.05, 4.69) is 31.4 Å². The first-order valence-electron chi connectivity index (χ1n) is 12.3. The van der Waals surface area contributed by atoms with Gasteiger partial charge in [0.25, 0.3) is 5.91 Å². The second kappa shape index (κ2) is 11.4. The molecule has 0 unspecified atom stereocenters. The van der Waals surface area contributed by atoms with E-state index in [0.29, 0.717) is 48.2 Å². The number of hydrogen-bond acceptors (Lipinski definition) is 7. The van der Waals surface area contributed by atoms with Crippen LogP contribution in [0.3, 0.4) is 0 Å². The summed E-state index contributed by atoms with van der Waals surface area (Å²) in [6.07, 6.45) is 0.720. The van der Waals surface area contributed by atoms with Gasteiger partial charge in [-0.15, -0.1) is 21.5 Å². The number of halogens is 2. The van der Waals surface area contributed by atoms with E-state index < -0.39 is 18.4 Å². The van der Waals surface area contributed by atoms with E-state index in [1.54, 1.807) is 60.0 Å². The van der Waals surface area contributed by atoms with Gasteiger partial charge in [0.05, 0.1) is 39.6 Å². The number of benzene rings is 2. The molecule has 0 aliphatic carbocycles. The number of amides is 1. The third-order valence-electron chi connectivity index (χ3n) is 6.39. The van der Waals surface area contributed by atoms with E-state index in [4.69, 9.17) is 11.6 Å². The molecular formula is C28H22BrClN5O4S-. The first-order chi connectivity index (χ1) is 19.2. The monoisotopic (exact) mass is 638 g/mol. The molecule has 0 spiro atoms. The summed E-state index contributed by atoms with van der Waals surface area (Å²) >= 11 is 11.2. The largest absolute Gasteiger partial charge is 0.548 e. The first-order valence-corrected chi connectivity index (χ1v) is 14.3. The average molecular weight is 640 g/mol. The number of thiophene rings is 1. The molecule has 1 amide bonds. The number of carbonyl (C=O) groups excluding carboxylic acids is 3. The molecule has 0 atom stereocenters. The summed E-state index contributed by atoms with van der Waals surface area (Å²) in [7, 11) is 0. The molecule has 3 aromatic heterocycles. The molecule has 0 saturated carbocycles. The lowest BCUT2D eigenvalue weighted by atomic mass is 10.0. The molecule has 204 valence electrons. The third kappa shape index (κ3) is 5.07. The lowest BCUT2D eigenvalue weighted by Gasteiger charge is -2.13. The maximum absolute atomic E-state index is 13.6. The number of carboxylic acids is 1. The highest BCUT2D eigenvalue weighted by Crippen LogP contribution is 2.33. The van der Waals surface area contributed by atoms with E-state index in [1.807, 2.05) is 13.0 Å². The number of aryl methyl sites for hydroxylation is 2. The SMILES string of the molecule is CCc1cc(C(=O)c2ccccc2Cl)c(-n2c(C)nnc2CNC(=O)c2c(Br)c3ccccc3n2CC(=O)[O-])s1. The Morgan fingerprint density at radius 2 is 1.80 bits per heavy atom. The highest BCUT2D eigenvalue weighted by molar-refractivity contribution is 9.10. The Morgan fingerprint density at radius 3 is 2.52 bits per heavy atom. The van der Waals surface area contributed by atoms with Gasteiger partial charge in [0.2, 0.25) is 0 Å². The molecule has 0 saturated heterocycles. The fourth-order valence-electron chi connectivity index (χ4n) is 4.53. The molecule has 0 aliphatic rings. The second-order valence-corrected chi connectivity index (χ2v) is 11.2. The zero-order valence-electron chi connectivity index (χ0n) is 21.4. The van der Waals surface area contributed by atoms with E-state index >= 15 is 0 Å². The van der Waals surface area contributed by atoms with Gasteiger partial charge < -0.3 is 19.8 Å². The standard InChI is InChI=1S/C28H23BrClN5O4S/c1-3-16-12-19(26(38)17-8-4-6-10-20(17)30)28(40-16)35-15(2)32-33-22(35)13-31-27(39)25-24(29)18-9-5-7-11-21(18)34(25)14-23(36)37/h4-12H,3,13-14H2,1-2H3,(H,31,39)(H,36,37)/p-1. The predicted octanol–water partition coefficient (Wildman–Crippen LogP) is 4.48. The van der Waals surface area contributed by atoms with Gasteiger partial charge >= 0.3 is 0 Å². The number of para-hydroxylation sites is 1. The summed E-state index contributed by atoms with van der Waals surface area (Å²) in [6.45, 7) is 3.25. The molecule has 0 aliphatic heterocycles. The van der Waals surface area contributed by atoms with Crippen LogP contribution >= 0.6 is 38.9 Å². The van der Waals surface area contributed by atoms with Crippen LogP contribution in [0, 0.1) is 6.92 Å². The van der Waals surface area contributed by atoms with Gasteiger partial charge in [-0.1, -0.05) is 48.9 Å². The van der Waals surface area contributed by atoms with E-state index in [0.717, 1.165) is 11.3 Å². The van der Waals surface area contributed by atoms with Crippen LogP contribution in [0.1, 0.15) is 49.9 Å². The molecule has 3 heterocycles. The molecule has 0 radical (unpaired) electrons. The van der Waals surface area contributed by atoms with Gasteiger partial charge in [-0.3, -0.25) is 14.2 Å². The predicted molar refractivity (Wildman–Crippen MR) is 154 cm³/mol. The summed E-state index contributed by atoms with van der Waals surface area (Å²) in [4.78, 5) is 39.5. The average Bonchev–Trinajstić information content (AvgIpc) is 3.60. The summed E-state index contributed by atoms with van der Waals surface area (Å²) in [5, 5.41) is 24.5. The van der Waals surface area contributed by atoms with Gasteiger partial charge in [0, 0.05) is 15.8 Å². The van der Waals surface area contributed by atoms with Gasteiger partial charge in [-0.2, -0.15) is 0 Å². The molecular weight excluding hydrogens is 618 g/mol. The lowest BCUT2D eigenvalue weighted by Crippen LogP contribution is -2.32. The summed E-state index contributed by atoms with van der Waals surface area (Å²) in [6, 6.07) is 15.8. The highest BCUT2D eigenvalue weighted by atomic mass is 79.9. The minimum atomic E-state index is -1.32. The molecule has 5 rings (SSSR count). The zero-order chi connectivity index (χ0) is 28.6. The number of hydrogen-bond donors (Lipinski definition) is 1. The molecule has 40 heavy (non-hydrogen) atoms. The fourth-order valence-corrected chi connectivity index (χ4v) is 6.64. The van der Waals surface area contributed by atoms with Crippen molar-refractivity contribution in [3.8, 4) is 5.00 Å². The Morgan fingerprint density at radius 1 is 1.07 bits per heavy atom. The van der Waals surface area contributed by atoms with Crippen LogP contribution in [0.4, 0.5) is 0 Å². The number of rotatable bonds is 9. The Balaban J connectivity index is 1.50. The second-order valence-electron chi connectivity index (χ2n) is 8.91. The van der Waals surface area contributed by atoms with Crippen LogP contribution in [0.5, 0.6) is 0 Å². The number of ketones is 1. The molecule has 5 aromatic rings. The highest BCUT2D eigenvalue weighted by Gasteiger charge is 2.25. The maximum atomic E-state index is 13.6. The van der Waals surface area contributed by atoms with E-state index in [1.165, 1.54) is 15.9 Å². The zero-order valence-corrected chi connectivity index (χ0v) is 24.6. The third-order valence-corrected chi connectivity index (χ3v) is 8.79. The topological polar surface area (TPSA) is 122 Å². The van der Waals surface area contributed by atoms with Crippen LogP contribution in [-0.2, 0) is 24.3 Å². The van der Waals surface area contributed by atoms with Crippen LogP contribution in [0.2, 0.25) is 5.02 Å². The lowest BCUT2D eigenvalue weighted by molar-refractivity contribution is -0.306. The van der Waals surface area contributed by atoms with Crippen molar-refractivity contribution < 1.29 is 19.5 Å². The first kappa shape index (κ1) is 27.8. The van der Waals surface area contributed by atoms with Crippen molar-refractivity contribution in [1.82, 2.24) is 24.6 Å². The minimum absolute atomic E-state index is 0.0297. The Hall–Kier alpha value is -3.80.